The number of carbonyl (C=O) groups excluding carboxylic acids is 1. The van der Waals surface area contributed by atoms with Crippen LogP contribution in [-0.4, -0.2) is 16.4 Å². The first-order chi connectivity index (χ1) is 8.28. The molecule has 1 amide bonds. The fourth-order valence-corrected chi connectivity index (χ4v) is 1.73. The molecule has 1 N–H and O–H groups in total. The Morgan fingerprint density at radius 3 is 2.28 bits per heavy atom. The first-order valence-corrected chi connectivity index (χ1v) is 7.16. The molecule has 1 unspecified atom stereocenters. The molecule has 0 aliphatic heterocycles. The summed E-state index contributed by atoms with van der Waals surface area (Å²) in [6.07, 6.45) is 2.29. The molecule has 0 aliphatic carbocycles. The first-order valence-electron chi connectivity index (χ1n) is 5.68. The smallest absolute Gasteiger partial charge is 0.267 e. The van der Waals surface area contributed by atoms with Gasteiger partial charge in [0.05, 0.1) is 0 Å². The van der Waals surface area contributed by atoms with Crippen LogP contribution in [0.2, 0.25) is 0 Å². The van der Waals surface area contributed by atoms with Gasteiger partial charge in [0.25, 0.3) is 5.91 Å². The zero-order valence-corrected chi connectivity index (χ0v) is 12.0. The standard InChI is InChI=1S/C13H19NO3S/c1-13(2,3)9-10-5-7-11(8-6-10)12(15)14-17-18(4)16/h5-8H,9H2,1-4H3,(H,14,15). The monoisotopic (exact) mass is 269 g/mol. The molecule has 0 aromatic heterocycles. The van der Waals surface area contributed by atoms with E-state index in [1.165, 1.54) is 11.8 Å². The minimum absolute atomic E-state index is 0.214. The van der Waals surface area contributed by atoms with Crippen molar-refractivity contribution in [2.45, 2.75) is 27.2 Å². The summed E-state index contributed by atoms with van der Waals surface area (Å²) in [4.78, 5) is 11.6. The Morgan fingerprint density at radius 2 is 1.83 bits per heavy atom. The van der Waals surface area contributed by atoms with E-state index in [9.17, 15) is 9.00 Å². The van der Waals surface area contributed by atoms with Crippen LogP contribution < -0.4 is 5.48 Å². The lowest BCUT2D eigenvalue weighted by Crippen LogP contribution is -2.24. The highest BCUT2D eigenvalue weighted by molar-refractivity contribution is 7.79. The van der Waals surface area contributed by atoms with Crippen LogP contribution in [0.25, 0.3) is 0 Å². The quantitative estimate of drug-likeness (QED) is 0.853. The summed E-state index contributed by atoms with van der Waals surface area (Å²) < 4.78 is 15.2. The maximum Gasteiger partial charge on any atom is 0.275 e. The van der Waals surface area contributed by atoms with Crippen LogP contribution in [0.15, 0.2) is 24.3 Å². The summed E-state index contributed by atoms with van der Waals surface area (Å²) >= 11 is -1.51. The van der Waals surface area contributed by atoms with E-state index in [0.717, 1.165) is 6.42 Å². The number of hydrogen-bond donors (Lipinski definition) is 1. The van der Waals surface area contributed by atoms with Gasteiger partial charge in [-0.05, 0) is 29.5 Å². The summed E-state index contributed by atoms with van der Waals surface area (Å²) in [6, 6.07) is 7.31. The van der Waals surface area contributed by atoms with E-state index in [1.807, 2.05) is 12.1 Å². The molecule has 1 aromatic rings. The normalized spacial score (nSPS) is 13.1. The van der Waals surface area contributed by atoms with Crippen LogP contribution >= 0.6 is 0 Å². The molecular formula is C13H19NO3S. The van der Waals surface area contributed by atoms with Gasteiger partial charge in [0.15, 0.2) is 11.1 Å². The second-order valence-electron chi connectivity index (χ2n) is 5.35. The molecule has 0 saturated heterocycles. The van der Waals surface area contributed by atoms with E-state index < -0.39 is 17.0 Å². The number of amides is 1. The van der Waals surface area contributed by atoms with Crippen molar-refractivity contribution in [2.75, 3.05) is 6.26 Å². The van der Waals surface area contributed by atoms with Gasteiger partial charge in [0, 0.05) is 11.8 Å². The van der Waals surface area contributed by atoms with Crippen LogP contribution in [-0.2, 0) is 21.8 Å². The Morgan fingerprint density at radius 1 is 1.28 bits per heavy atom. The third-order valence-corrected chi connectivity index (χ3v) is 2.52. The number of hydroxylamine groups is 1. The first kappa shape index (κ1) is 14.9. The van der Waals surface area contributed by atoms with Gasteiger partial charge in [0.2, 0.25) is 0 Å². The Bertz CT molecular complexity index is 435. The topological polar surface area (TPSA) is 55.4 Å². The molecule has 4 nitrogen and oxygen atoms in total. The summed E-state index contributed by atoms with van der Waals surface area (Å²) in [6.45, 7) is 6.49. The highest BCUT2D eigenvalue weighted by atomic mass is 32.2. The van der Waals surface area contributed by atoms with E-state index in [-0.39, 0.29) is 5.41 Å². The van der Waals surface area contributed by atoms with E-state index in [2.05, 4.69) is 30.5 Å². The average molecular weight is 269 g/mol. The van der Waals surface area contributed by atoms with Gasteiger partial charge in [-0.1, -0.05) is 32.9 Å². The van der Waals surface area contributed by atoms with E-state index in [0.29, 0.717) is 5.56 Å². The zero-order chi connectivity index (χ0) is 13.8. The predicted octanol–water partition coefficient (Wildman–Crippen LogP) is 2.23. The van der Waals surface area contributed by atoms with Crippen molar-refractivity contribution in [2.24, 2.45) is 5.41 Å². The molecule has 0 heterocycles. The van der Waals surface area contributed by atoms with Gasteiger partial charge in [-0.25, -0.2) is 9.69 Å². The highest BCUT2D eigenvalue weighted by Crippen LogP contribution is 2.20. The predicted molar refractivity (Wildman–Crippen MR) is 72.2 cm³/mol. The van der Waals surface area contributed by atoms with Gasteiger partial charge in [0.1, 0.15) is 0 Å². The molecule has 100 valence electrons. The van der Waals surface area contributed by atoms with E-state index >= 15 is 0 Å². The molecule has 0 radical (unpaired) electrons. The molecular weight excluding hydrogens is 250 g/mol. The lowest BCUT2D eigenvalue weighted by Gasteiger charge is -2.18. The van der Waals surface area contributed by atoms with Crippen molar-refractivity contribution >= 4 is 17.0 Å². The van der Waals surface area contributed by atoms with Gasteiger partial charge < -0.3 is 0 Å². The third-order valence-electron chi connectivity index (χ3n) is 2.20. The SMILES string of the molecule is CS(=O)ONC(=O)c1ccc(CC(C)(C)C)cc1. The Kier molecular flexibility index (Phi) is 5.04. The van der Waals surface area contributed by atoms with E-state index in [4.69, 9.17) is 0 Å². The largest absolute Gasteiger partial charge is 0.275 e. The highest BCUT2D eigenvalue weighted by Gasteiger charge is 2.12. The van der Waals surface area contributed by atoms with Gasteiger partial charge in [-0.15, -0.1) is 0 Å². The molecule has 0 fully saturated rings. The number of carbonyl (C=O) groups is 1. The van der Waals surface area contributed by atoms with Crippen molar-refractivity contribution in [1.82, 2.24) is 5.48 Å². The van der Waals surface area contributed by atoms with Crippen molar-refractivity contribution in [1.29, 1.82) is 0 Å². The second kappa shape index (κ2) is 6.11. The van der Waals surface area contributed by atoms with Gasteiger partial charge >= 0.3 is 0 Å². The molecule has 5 heteroatoms. The molecule has 18 heavy (non-hydrogen) atoms. The fourth-order valence-electron chi connectivity index (χ4n) is 1.54. The van der Waals surface area contributed by atoms with Crippen molar-refractivity contribution in [3.8, 4) is 0 Å². The molecule has 0 bridgehead atoms. The molecule has 1 aromatic carbocycles. The summed E-state index contributed by atoms with van der Waals surface area (Å²) in [5.41, 5.74) is 4.01. The summed E-state index contributed by atoms with van der Waals surface area (Å²) in [5, 5.41) is 0. The Hall–Kier alpha value is -1.20. The number of hydrogen-bond acceptors (Lipinski definition) is 3. The van der Waals surface area contributed by atoms with Crippen LogP contribution in [0.3, 0.4) is 0 Å². The van der Waals surface area contributed by atoms with Crippen LogP contribution in [0.1, 0.15) is 36.7 Å². The molecule has 0 aliphatic rings. The Labute approximate surface area is 110 Å². The maximum absolute atomic E-state index is 11.6. The zero-order valence-electron chi connectivity index (χ0n) is 11.1. The maximum atomic E-state index is 11.6. The number of nitrogens with one attached hydrogen (secondary N) is 1. The summed E-state index contributed by atoms with van der Waals surface area (Å²) in [7, 11) is 0. The van der Waals surface area contributed by atoms with Crippen LogP contribution in [0, 0.1) is 5.41 Å². The number of benzene rings is 1. The average Bonchev–Trinajstić information content (AvgIpc) is 2.24. The molecule has 1 atom stereocenters. The molecule has 0 spiro atoms. The van der Waals surface area contributed by atoms with Crippen molar-refractivity contribution in [3.63, 3.8) is 0 Å². The Balaban J connectivity index is 2.65. The number of rotatable bonds is 4. The lowest BCUT2D eigenvalue weighted by molar-refractivity contribution is 0.0786. The third kappa shape index (κ3) is 5.42. The van der Waals surface area contributed by atoms with Gasteiger partial charge in [-0.2, -0.15) is 4.28 Å². The minimum atomic E-state index is -1.51. The summed E-state index contributed by atoms with van der Waals surface area (Å²) in [5.74, 6) is -0.396. The van der Waals surface area contributed by atoms with Crippen molar-refractivity contribution in [3.05, 3.63) is 35.4 Å². The van der Waals surface area contributed by atoms with Crippen molar-refractivity contribution < 1.29 is 13.3 Å². The lowest BCUT2D eigenvalue weighted by atomic mass is 9.88. The molecule has 0 saturated carbocycles. The second-order valence-corrected chi connectivity index (χ2v) is 6.32. The minimum Gasteiger partial charge on any atom is -0.267 e. The van der Waals surface area contributed by atoms with E-state index in [1.54, 1.807) is 12.1 Å². The van der Waals surface area contributed by atoms with Crippen LogP contribution in [0.5, 0.6) is 0 Å². The molecule has 1 rings (SSSR count). The fraction of sp³-hybridized carbons (Fsp3) is 0.462. The van der Waals surface area contributed by atoms with Gasteiger partial charge in [-0.3, -0.25) is 4.79 Å². The van der Waals surface area contributed by atoms with Crippen LogP contribution in [0.4, 0.5) is 0 Å².